The zero-order chi connectivity index (χ0) is 17.4. The van der Waals surface area contributed by atoms with Gasteiger partial charge in [0.1, 0.15) is 6.61 Å². The molecule has 3 rings (SSSR count). The van der Waals surface area contributed by atoms with Crippen molar-refractivity contribution in [3.63, 3.8) is 0 Å². The van der Waals surface area contributed by atoms with E-state index in [2.05, 4.69) is 9.84 Å². The molecule has 1 aromatic rings. The van der Waals surface area contributed by atoms with E-state index in [1.807, 2.05) is 13.2 Å². The van der Waals surface area contributed by atoms with Crippen molar-refractivity contribution < 1.29 is 27.4 Å². The van der Waals surface area contributed by atoms with Crippen molar-refractivity contribution in [2.24, 2.45) is 12.5 Å². The summed E-state index contributed by atoms with van der Waals surface area (Å²) >= 11 is 0. The van der Waals surface area contributed by atoms with Gasteiger partial charge in [0, 0.05) is 50.9 Å². The van der Waals surface area contributed by atoms with Crippen molar-refractivity contribution in [2.45, 2.75) is 25.1 Å². The fourth-order valence-corrected chi connectivity index (χ4v) is 3.76. The quantitative estimate of drug-likeness (QED) is 0.835. The Bertz CT molecular complexity index is 596. The molecule has 3 heterocycles. The molecule has 9 heteroatoms. The molecule has 0 N–H and O–H groups in total. The summed E-state index contributed by atoms with van der Waals surface area (Å²) in [7, 11) is 1.81. The Morgan fingerprint density at radius 1 is 1.46 bits per heavy atom. The number of hydrogen-bond acceptors (Lipinski definition) is 4. The van der Waals surface area contributed by atoms with Crippen molar-refractivity contribution in [3.05, 3.63) is 18.0 Å². The number of hydrogen-bond donors (Lipinski definition) is 0. The van der Waals surface area contributed by atoms with Gasteiger partial charge in [-0.25, -0.2) is 0 Å². The molecule has 0 saturated carbocycles. The summed E-state index contributed by atoms with van der Waals surface area (Å²) in [6, 6.07) is 0. The van der Waals surface area contributed by atoms with Crippen molar-refractivity contribution >= 4 is 5.91 Å². The van der Waals surface area contributed by atoms with E-state index in [4.69, 9.17) is 4.74 Å². The maximum atomic E-state index is 12.2. The first-order valence-corrected chi connectivity index (χ1v) is 7.84. The van der Waals surface area contributed by atoms with E-state index in [-0.39, 0.29) is 11.3 Å². The average Bonchev–Trinajstić information content (AvgIpc) is 3.09. The Hall–Kier alpha value is -1.61. The summed E-state index contributed by atoms with van der Waals surface area (Å²) < 4.78 is 47.3. The zero-order valence-electron chi connectivity index (χ0n) is 13.4. The van der Waals surface area contributed by atoms with E-state index in [0.29, 0.717) is 26.3 Å². The SMILES string of the molecule is Cn1cc(C2CN(C(=O)COC(F)(F)F)CC23CCOCC3)cn1. The number of ether oxygens (including phenoxy) is 2. The van der Waals surface area contributed by atoms with Gasteiger partial charge in [-0.1, -0.05) is 0 Å². The van der Waals surface area contributed by atoms with Crippen LogP contribution >= 0.6 is 0 Å². The largest absolute Gasteiger partial charge is 0.523 e. The maximum Gasteiger partial charge on any atom is 0.523 e. The lowest BCUT2D eigenvalue weighted by molar-refractivity contribution is -0.321. The van der Waals surface area contributed by atoms with Crippen LogP contribution in [0.2, 0.25) is 0 Å². The molecule has 2 aliphatic heterocycles. The van der Waals surface area contributed by atoms with Crippen molar-refractivity contribution in [1.29, 1.82) is 0 Å². The number of amides is 1. The number of carbonyl (C=O) groups is 1. The lowest BCUT2D eigenvalue weighted by Crippen LogP contribution is -2.38. The highest BCUT2D eigenvalue weighted by Crippen LogP contribution is 2.49. The predicted molar refractivity (Wildman–Crippen MR) is 77.0 cm³/mol. The number of rotatable bonds is 3. The minimum absolute atomic E-state index is 0.0462. The molecule has 1 spiro atoms. The first kappa shape index (κ1) is 17.2. The van der Waals surface area contributed by atoms with Crippen molar-refractivity contribution in [3.8, 4) is 0 Å². The zero-order valence-corrected chi connectivity index (χ0v) is 13.4. The molecule has 0 bridgehead atoms. The van der Waals surface area contributed by atoms with Crippen LogP contribution in [0.5, 0.6) is 0 Å². The Kier molecular flexibility index (Phi) is 4.56. The van der Waals surface area contributed by atoms with Crippen molar-refractivity contribution in [2.75, 3.05) is 32.9 Å². The number of carbonyl (C=O) groups excluding carboxylic acids is 1. The maximum absolute atomic E-state index is 12.2. The lowest BCUT2D eigenvalue weighted by atomic mass is 9.70. The third kappa shape index (κ3) is 3.56. The molecule has 1 unspecified atom stereocenters. The Balaban J connectivity index is 1.76. The Morgan fingerprint density at radius 3 is 2.75 bits per heavy atom. The van der Waals surface area contributed by atoms with Crippen molar-refractivity contribution in [1.82, 2.24) is 14.7 Å². The predicted octanol–water partition coefficient (Wildman–Crippen LogP) is 1.68. The number of halogens is 3. The van der Waals surface area contributed by atoms with Crippen LogP contribution in [0.15, 0.2) is 12.4 Å². The second kappa shape index (κ2) is 6.36. The molecule has 24 heavy (non-hydrogen) atoms. The fourth-order valence-electron chi connectivity index (χ4n) is 3.76. The topological polar surface area (TPSA) is 56.6 Å². The van der Waals surface area contributed by atoms with E-state index in [1.54, 1.807) is 10.9 Å². The van der Waals surface area contributed by atoms with E-state index in [1.165, 1.54) is 4.90 Å². The molecule has 0 aliphatic carbocycles. The first-order chi connectivity index (χ1) is 11.3. The summed E-state index contributed by atoms with van der Waals surface area (Å²) in [4.78, 5) is 13.6. The highest BCUT2D eigenvalue weighted by molar-refractivity contribution is 5.78. The van der Waals surface area contributed by atoms with Crippen LogP contribution in [0.1, 0.15) is 24.3 Å². The van der Waals surface area contributed by atoms with Gasteiger partial charge in [-0.3, -0.25) is 14.2 Å². The molecule has 1 aromatic heterocycles. The molecule has 2 saturated heterocycles. The van der Waals surface area contributed by atoms with Gasteiger partial charge >= 0.3 is 6.36 Å². The Labute approximate surface area is 137 Å². The fraction of sp³-hybridized carbons (Fsp3) is 0.733. The molecule has 1 amide bonds. The highest BCUT2D eigenvalue weighted by atomic mass is 19.4. The van der Waals surface area contributed by atoms with Gasteiger partial charge in [0.25, 0.3) is 0 Å². The van der Waals surface area contributed by atoms with E-state index in [0.717, 1.165) is 18.4 Å². The normalized spacial score (nSPS) is 23.8. The lowest BCUT2D eigenvalue weighted by Gasteiger charge is -2.37. The molecular weight excluding hydrogens is 327 g/mol. The average molecular weight is 347 g/mol. The number of likely N-dealkylation sites (tertiary alicyclic amines) is 1. The molecule has 1 atom stereocenters. The molecule has 2 fully saturated rings. The van der Waals surface area contributed by atoms with Crippen LogP contribution in [-0.4, -0.2) is 59.9 Å². The summed E-state index contributed by atoms with van der Waals surface area (Å²) in [5, 5.41) is 4.19. The molecule has 6 nitrogen and oxygen atoms in total. The first-order valence-electron chi connectivity index (χ1n) is 7.84. The van der Waals surface area contributed by atoms with Crippen LogP contribution in [-0.2, 0) is 21.3 Å². The van der Waals surface area contributed by atoms with Gasteiger partial charge in [-0.05, 0) is 18.4 Å². The van der Waals surface area contributed by atoms with Gasteiger partial charge < -0.3 is 9.64 Å². The molecule has 0 radical (unpaired) electrons. The van der Waals surface area contributed by atoms with Gasteiger partial charge in [0.05, 0.1) is 6.20 Å². The second-order valence-corrected chi connectivity index (χ2v) is 6.48. The number of nitrogens with zero attached hydrogens (tertiary/aromatic N) is 3. The number of aromatic nitrogens is 2. The smallest absolute Gasteiger partial charge is 0.381 e. The summed E-state index contributed by atoms with van der Waals surface area (Å²) in [6.45, 7) is 1.02. The monoisotopic (exact) mass is 347 g/mol. The van der Waals surface area contributed by atoms with E-state index < -0.39 is 18.9 Å². The molecule has 0 aromatic carbocycles. The van der Waals surface area contributed by atoms with Gasteiger partial charge in [-0.15, -0.1) is 13.2 Å². The minimum atomic E-state index is -4.80. The van der Waals surface area contributed by atoms with Crippen LogP contribution in [0.4, 0.5) is 13.2 Å². The summed E-state index contributed by atoms with van der Waals surface area (Å²) in [5.74, 6) is -0.588. The summed E-state index contributed by atoms with van der Waals surface area (Å²) in [6.07, 6.45) is 0.422. The molecule has 2 aliphatic rings. The molecule has 134 valence electrons. The Morgan fingerprint density at radius 2 is 2.17 bits per heavy atom. The van der Waals surface area contributed by atoms with Crippen LogP contribution in [0, 0.1) is 5.41 Å². The summed E-state index contributed by atoms with van der Waals surface area (Å²) in [5.41, 5.74) is 0.835. The van der Waals surface area contributed by atoms with E-state index in [9.17, 15) is 18.0 Å². The third-order valence-electron chi connectivity index (χ3n) is 4.98. The second-order valence-electron chi connectivity index (χ2n) is 6.48. The third-order valence-corrected chi connectivity index (χ3v) is 4.98. The molecular formula is C15H20F3N3O3. The highest BCUT2D eigenvalue weighted by Gasteiger charge is 2.49. The van der Waals surface area contributed by atoms with E-state index >= 15 is 0 Å². The van der Waals surface area contributed by atoms with Gasteiger partial charge in [0.15, 0.2) is 0 Å². The minimum Gasteiger partial charge on any atom is -0.381 e. The number of aryl methyl sites for hydroxylation is 1. The van der Waals surface area contributed by atoms with Crippen LogP contribution in [0.25, 0.3) is 0 Å². The number of alkyl halides is 3. The van der Waals surface area contributed by atoms with Gasteiger partial charge in [0.2, 0.25) is 5.91 Å². The van der Waals surface area contributed by atoms with Crippen LogP contribution < -0.4 is 0 Å². The standard InChI is InChI=1S/C15H20F3N3O3/c1-20-7-11(6-19-20)12-8-21(13(22)9-24-15(16,17)18)10-14(12)2-4-23-5-3-14/h6-7,12H,2-5,8-10H2,1H3. The van der Waals surface area contributed by atoms with Crippen LogP contribution in [0.3, 0.4) is 0 Å². The van der Waals surface area contributed by atoms with Gasteiger partial charge in [-0.2, -0.15) is 5.10 Å².